The molecule has 1 aliphatic heterocycles. The number of benzene rings is 1. The van der Waals surface area contributed by atoms with Gasteiger partial charge in [-0.3, -0.25) is 0 Å². The fourth-order valence-corrected chi connectivity index (χ4v) is 3.92. The zero-order chi connectivity index (χ0) is 11.8. The summed E-state index contributed by atoms with van der Waals surface area (Å²) in [5.74, 6) is 0.454. The van der Waals surface area contributed by atoms with E-state index in [9.17, 15) is 8.42 Å². The molecule has 2 rings (SSSR count). The van der Waals surface area contributed by atoms with E-state index >= 15 is 0 Å². The average molecular weight is 239 g/mol. The van der Waals surface area contributed by atoms with Gasteiger partial charge in [0.05, 0.1) is 11.5 Å². The van der Waals surface area contributed by atoms with E-state index in [2.05, 4.69) is 5.32 Å². The van der Waals surface area contributed by atoms with Crippen LogP contribution in [0.3, 0.4) is 0 Å². The smallest absolute Gasteiger partial charge is 0.153 e. The molecule has 1 saturated heterocycles. The molecule has 0 amide bonds. The molecule has 2 atom stereocenters. The van der Waals surface area contributed by atoms with Crippen LogP contribution in [0, 0.1) is 6.92 Å². The Kier molecular flexibility index (Phi) is 3.04. The van der Waals surface area contributed by atoms with Gasteiger partial charge in [-0.1, -0.05) is 29.8 Å². The van der Waals surface area contributed by atoms with Crippen LogP contribution in [-0.4, -0.2) is 26.0 Å². The van der Waals surface area contributed by atoms with E-state index in [0.29, 0.717) is 0 Å². The lowest BCUT2D eigenvalue weighted by atomic mass is 10.1. The summed E-state index contributed by atoms with van der Waals surface area (Å²) >= 11 is 0. The fraction of sp³-hybridized carbons (Fsp3) is 0.500. The predicted molar refractivity (Wildman–Crippen MR) is 65.2 cm³/mol. The molecule has 4 heteroatoms. The highest BCUT2D eigenvalue weighted by atomic mass is 32.2. The Labute approximate surface area is 96.8 Å². The summed E-state index contributed by atoms with van der Waals surface area (Å²) in [5.41, 5.74) is 2.25. The van der Waals surface area contributed by atoms with Crippen LogP contribution in [0.2, 0.25) is 0 Å². The van der Waals surface area contributed by atoms with Crippen molar-refractivity contribution < 1.29 is 8.42 Å². The summed E-state index contributed by atoms with van der Waals surface area (Å²) < 4.78 is 23.3. The number of nitrogens with one attached hydrogen (secondary N) is 1. The van der Waals surface area contributed by atoms with Crippen molar-refractivity contribution in [1.29, 1.82) is 0 Å². The van der Waals surface area contributed by atoms with Crippen LogP contribution < -0.4 is 5.32 Å². The van der Waals surface area contributed by atoms with Gasteiger partial charge in [0.2, 0.25) is 0 Å². The molecular formula is C12H17NO2S. The van der Waals surface area contributed by atoms with Crippen LogP contribution in [0.4, 0.5) is 0 Å². The van der Waals surface area contributed by atoms with Crippen molar-refractivity contribution in [2.24, 2.45) is 0 Å². The molecule has 1 aromatic carbocycles. The van der Waals surface area contributed by atoms with Gasteiger partial charge in [-0.25, -0.2) is 8.42 Å². The van der Waals surface area contributed by atoms with Crippen LogP contribution in [0.1, 0.15) is 24.1 Å². The molecule has 0 saturated carbocycles. The van der Waals surface area contributed by atoms with Crippen molar-refractivity contribution in [2.75, 3.05) is 11.5 Å². The van der Waals surface area contributed by atoms with Gasteiger partial charge in [-0.05, 0) is 19.4 Å². The van der Waals surface area contributed by atoms with Crippen LogP contribution in [-0.2, 0) is 9.84 Å². The molecule has 0 aliphatic carbocycles. The molecule has 3 nitrogen and oxygen atoms in total. The summed E-state index contributed by atoms with van der Waals surface area (Å²) in [5, 5.41) is 3.33. The van der Waals surface area contributed by atoms with Gasteiger partial charge in [0.25, 0.3) is 0 Å². The van der Waals surface area contributed by atoms with Crippen molar-refractivity contribution in [2.45, 2.75) is 25.9 Å². The Morgan fingerprint density at radius 1 is 1.19 bits per heavy atom. The third-order valence-corrected chi connectivity index (χ3v) is 4.74. The minimum absolute atomic E-state index is 0.0325. The number of aryl methyl sites for hydroxylation is 1. The van der Waals surface area contributed by atoms with Gasteiger partial charge in [0.15, 0.2) is 9.84 Å². The standard InChI is InChI=1S/C12H17NO2S/c1-9-3-5-11(6-4-9)12-8-16(14,15)7-10(2)13-12/h3-6,10,12-13H,7-8H2,1-2H3. The first-order valence-corrected chi connectivity index (χ1v) is 7.31. The SMILES string of the molecule is Cc1ccc(C2CS(=O)(=O)CC(C)N2)cc1. The Hall–Kier alpha value is -0.870. The first kappa shape index (κ1) is 11.6. The van der Waals surface area contributed by atoms with Gasteiger partial charge < -0.3 is 5.32 Å². The normalized spacial score (nSPS) is 28.9. The summed E-state index contributed by atoms with van der Waals surface area (Å²) in [4.78, 5) is 0. The highest BCUT2D eigenvalue weighted by Crippen LogP contribution is 2.21. The summed E-state index contributed by atoms with van der Waals surface area (Å²) in [7, 11) is -2.90. The van der Waals surface area contributed by atoms with Crippen molar-refractivity contribution in [1.82, 2.24) is 5.32 Å². The molecular weight excluding hydrogens is 222 g/mol. The van der Waals surface area contributed by atoms with E-state index in [1.165, 1.54) is 5.56 Å². The quantitative estimate of drug-likeness (QED) is 0.806. The Morgan fingerprint density at radius 3 is 2.38 bits per heavy atom. The van der Waals surface area contributed by atoms with Crippen LogP contribution in [0.25, 0.3) is 0 Å². The van der Waals surface area contributed by atoms with Gasteiger partial charge in [-0.2, -0.15) is 0 Å². The zero-order valence-electron chi connectivity index (χ0n) is 9.60. The number of rotatable bonds is 1. The minimum atomic E-state index is -2.90. The topological polar surface area (TPSA) is 46.2 Å². The highest BCUT2D eigenvalue weighted by Gasteiger charge is 2.29. The van der Waals surface area contributed by atoms with E-state index in [1.807, 2.05) is 38.1 Å². The molecule has 1 aliphatic rings. The molecule has 0 bridgehead atoms. The highest BCUT2D eigenvalue weighted by molar-refractivity contribution is 7.91. The number of sulfone groups is 1. The van der Waals surface area contributed by atoms with Gasteiger partial charge >= 0.3 is 0 Å². The van der Waals surface area contributed by atoms with E-state index in [0.717, 1.165) is 5.56 Å². The Bertz CT molecular complexity index is 464. The molecule has 1 heterocycles. The predicted octanol–water partition coefficient (Wildman–Crippen LogP) is 1.44. The first-order valence-electron chi connectivity index (χ1n) is 5.49. The largest absolute Gasteiger partial charge is 0.306 e. The molecule has 0 aromatic heterocycles. The van der Waals surface area contributed by atoms with Crippen LogP contribution >= 0.6 is 0 Å². The molecule has 16 heavy (non-hydrogen) atoms. The monoisotopic (exact) mass is 239 g/mol. The second kappa shape index (κ2) is 4.18. The minimum Gasteiger partial charge on any atom is -0.306 e. The van der Waals surface area contributed by atoms with Gasteiger partial charge in [-0.15, -0.1) is 0 Å². The third-order valence-electron chi connectivity index (χ3n) is 2.89. The average Bonchev–Trinajstić information content (AvgIpc) is 2.15. The third kappa shape index (κ3) is 2.62. The van der Waals surface area contributed by atoms with E-state index in [4.69, 9.17) is 0 Å². The Morgan fingerprint density at radius 2 is 1.81 bits per heavy atom. The van der Waals surface area contributed by atoms with Crippen molar-refractivity contribution in [3.05, 3.63) is 35.4 Å². The maximum absolute atomic E-state index is 11.7. The zero-order valence-corrected chi connectivity index (χ0v) is 10.4. The lowest BCUT2D eigenvalue weighted by Crippen LogP contribution is -2.45. The summed E-state index contributed by atoms with van der Waals surface area (Å²) in [6, 6.07) is 8.01. The second-order valence-corrected chi connectivity index (χ2v) is 6.76. The fourth-order valence-electron chi connectivity index (χ4n) is 2.13. The maximum atomic E-state index is 11.7. The molecule has 0 spiro atoms. The van der Waals surface area contributed by atoms with Crippen LogP contribution in [0.5, 0.6) is 0 Å². The summed E-state index contributed by atoms with van der Waals surface area (Å²) in [6.07, 6.45) is 0. The molecule has 88 valence electrons. The van der Waals surface area contributed by atoms with Gasteiger partial charge in [0, 0.05) is 12.1 Å². The van der Waals surface area contributed by atoms with Crippen molar-refractivity contribution in [3.63, 3.8) is 0 Å². The second-order valence-electron chi connectivity index (χ2n) is 4.61. The Balaban J connectivity index is 2.24. The molecule has 2 unspecified atom stereocenters. The van der Waals surface area contributed by atoms with Crippen molar-refractivity contribution in [3.8, 4) is 0 Å². The maximum Gasteiger partial charge on any atom is 0.153 e. The lowest BCUT2D eigenvalue weighted by Gasteiger charge is -2.29. The van der Waals surface area contributed by atoms with E-state index in [-0.39, 0.29) is 23.6 Å². The number of hydrogen-bond donors (Lipinski definition) is 1. The van der Waals surface area contributed by atoms with E-state index < -0.39 is 9.84 Å². The van der Waals surface area contributed by atoms with Crippen LogP contribution in [0.15, 0.2) is 24.3 Å². The molecule has 1 fully saturated rings. The first-order chi connectivity index (χ1) is 7.46. The van der Waals surface area contributed by atoms with Gasteiger partial charge in [0.1, 0.15) is 0 Å². The molecule has 1 aromatic rings. The number of hydrogen-bond acceptors (Lipinski definition) is 3. The van der Waals surface area contributed by atoms with E-state index in [1.54, 1.807) is 0 Å². The lowest BCUT2D eigenvalue weighted by molar-refractivity contribution is 0.468. The van der Waals surface area contributed by atoms with Crippen molar-refractivity contribution >= 4 is 9.84 Å². The molecule has 0 radical (unpaired) electrons. The summed E-state index contributed by atoms with van der Waals surface area (Å²) in [6.45, 7) is 3.94. The molecule has 1 N–H and O–H groups in total.